The highest BCUT2D eigenvalue weighted by Crippen LogP contribution is 2.24. The number of benzene rings is 2. The fraction of sp³-hybridized carbons (Fsp3) is 0.263. The molecular formula is C19H20F3N3O4. The summed E-state index contributed by atoms with van der Waals surface area (Å²) < 4.78 is 42.6. The summed E-state index contributed by atoms with van der Waals surface area (Å²) in [5.74, 6) is -1.14. The van der Waals surface area contributed by atoms with Crippen molar-refractivity contribution in [2.24, 2.45) is 0 Å². The van der Waals surface area contributed by atoms with Gasteiger partial charge in [0.05, 0.1) is 24.0 Å². The molecule has 0 radical (unpaired) electrons. The number of alkyl halides is 3. The van der Waals surface area contributed by atoms with Gasteiger partial charge in [-0.05, 0) is 29.8 Å². The van der Waals surface area contributed by atoms with Crippen LogP contribution in [0.5, 0.6) is 11.5 Å². The van der Waals surface area contributed by atoms with E-state index in [0.29, 0.717) is 0 Å². The molecule has 0 saturated heterocycles. The highest BCUT2D eigenvalue weighted by Gasteiger charge is 2.38. The topological polar surface area (TPSA) is 96.5 Å². The number of aromatic amines is 1. The number of halogens is 3. The minimum Gasteiger partial charge on any atom is -0.475 e. The zero-order valence-corrected chi connectivity index (χ0v) is 15.5. The van der Waals surface area contributed by atoms with E-state index in [4.69, 9.17) is 19.4 Å². The first-order chi connectivity index (χ1) is 13.8. The van der Waals surface area contributed by atoms with E-state index in [1.54, 1.807) is 13.4 Å². The molecule has 10 heteroatoms. The van der Waals surface area contributed by atoms with Crippen molar-refractivity contribution >= 4 is 17.0 Å². The third-order valence-electron chi connectivity index (χ3n) is 3.61. The van der Waals surface area contributed by atoms with E-state index in [9.17, 15) is 13.2 Å². The van der Waals surface area contributed by atoms with Gasteiger partial charge in [-0.15, -0.1) is 0 Å². The number of carbonyl (C=O) groups is 1. The first kappa shape index (κ1) is 22.2. The maximum atomic E-state index is 10.6. The number of imidazole rings is 1. The Bertz CT molecular complexity index is 911. The molecule has 7 nitrogen and oxygen atoms in total. The Morgan fingerprint density at radius 2 is 1.83 bits per heavy atom. The predicted octanol–water partition coefficient (Wildman–Crippen LogP) is 3.72. The Balaban J connectivity index is 0.000000370. The number of rotatable bonds is 7. The second-order valence-corrected chi connectivity index (χ2v) is 5.80. The summed E-state index contributed by atoms with van der Waals surface area (Å²) in [6.07, 6.45) is -3.40. The smallest absolute Gasteiger partial charge is 0.475 e. The lowest BCUT2D eigenvalue weighted by atomic mass is 10.2. The van der Waals surface area contributed by atoms with Gasteiger partial charge in [-0.2, -0.15) is 13.2 Å². The summed E-state index contributed by atoms with van der Waals surface area (Å²) in [6, 6.07) is 13.9. The SMILES string of the molecule is COCCNCc1ccc(Oc2ccc3nc[nH]c3c2)cc1.O=C(O)C(F)(F)F. The Labute approximate surface area is 164 Å². The van der Waals surface area contributed by atoms with Gasteiger partial charge in [0.15, 0.2) is 0 Å². The number of hydrogen-bond donors (Lipinski definition) is 3. The zero-order chi connectivity index (χ0) is 21.3. The van der Waals surface area contributed by atoms with Gasteiger partial charge in [0, 0.05) is 26.3 Å². The van der Waals surface area contributed by atoms with E-state index in [-0.39, 0.29) is 0 Å². The molecule has 2 aromatic carbocycles. The molecular weight excluding hydrogens is 391 g/mol. The molecule has 0 fully saturated rings. The third kappa shape index (κ3) is 7.43. The molecule has 0 aliphatic carbocycles. The molecule has 0 atom stereocenters. The van der Waals surface area contributed by atoms with Crippen LogP contribution in [-0.2, 0) is 16.1 Å². The Morgan fingerprint density at radius 3 is 2.45 bits per heavy atom. The lowest BCUT2D eigenvalue weighted by Crippen LogP contribution is -2.21. The van der Waals surface area contributed by atoms with Gasteiger partial charge in [0.1, 0.15) is 11.5 Å². The lowest BCUT2D eigenvalue weighted by molar-refractivity contribution is -0.192. The lowest BCUT2D eigenvalue weighted by Gasteiger charge is -2.08. The number of nitrogens with one attached hydrogen (secondary N) is 2. The average molecular weight is 411 g/mol. The number of methoxy groups -OCH3 is 1. The van der Waals surface area contributed by atoms with E-state index in [1.807, 2.05) is 30.3 Å². The molecule has 0 aliphatic rings. The van der Waals surface area contributed by atoms with Crippen LogP contribution in [0.15, 0.2) is 48.8 Å². The fourth-order valence-electron chi connectivity index (χ4n) is 2.20. The molecule has 0 aliphatic heterocycles. The second-order valence-electron chi connectivity index (χ2n) is 5.80. The standard InChI is InChI=1S/C17H19N3O2.C2HF3O2/c1-21-9-8-18-11-13-2-4-14(5-3-13)22-15-6-7-16-17(10-15)20-12-19-16;3-2(4,5)1(6)7/h2-7,10,12,18H,8-9,11H2,1H3,(H,19,20);(H,6,7). The minimum absolute atomic E-state index is 0.720. The number of H-pyrrole nitrogens is 1. The molecule has 1 aromatic heterocycles. The average Bonchev–Trinajstić information content (AvgIpc) is 3.14. The molecule has 0 amide bonds. The number of carboxylic acid groups (broad SMARTS) is 1. The zero-order valence-electron chi connectivity index (χ0n) is 15.5. The maximum Gasteiger partial charge on any atom is 0.490 e. The van der Waals surface area contributed by atoms with Gasteiger partial charge in [-0.25, -0.2) is 9.78 Å². The van der Waals surface area contributed by atoms with Gasteiger partial charge < -0.3 is 24.9 Å². The number of hydrogen-bond acceptors (Lipinski definition) is 5. The molecule has 0 unspecified atom stereocenters. The molecule has 3 N–H and O–H groups in total. The van der Waals surface area contributed by atoms with Crippen LogP contribution < -0.4 is 10.1 Å². The fourth-order valence-corrected chi connectivity index (χ4v) is 2.20. The van der Waals surface area contributed by atoms with Crippen molar-refractivity contribution < 1.29 is 32.5 Å². The monoisotopic (exact) mass is 411 g/mol. The van der Waals surface area contributed by atoms with Crippen LogP contribution in [0.2, 0.25) is 0 Å². The summed E-state index contributed by atoms with van der Waals surface area (Å²) in [5.41, 5.74) is 3.12. The minimum atomic E-state index is -5.08. The van der Waals surface area contributed by atoms with E-state index < -0.39 is 12.1 Å². The van der Waals surface area contributed by atoms with Gasteiger partial charge in [0.25, 0.3) is 0 Å². The van der Waals surface area contributed by atoms with E-state index in [1.165, 1.54) is 5.56 Å². The molecule has 29 heavy (non-hydrogen) atoms. The van der Waals surface area contributed by atoms with Crippen molar-refractivity contribution in [3.05, 3.63) is 54.4 Å². The number of aliphatic carboxylic acids is 1. The van der Waals surface area contributed by atoms with E-state index in [0.717, 1.165) is 42.2 Å². The second kappa shape index (κ2) is 10.4. The first-order valence-corrected chi connectivity index (χ1v) is 8.49. The maximum absolute atomic E-state index is 10.6. The summed E-state index contributed by atoms with van der Waals surface area (Å²) in [6.45, 7) is 2.39. The van der Waals surface area contributed by atoms with Gasteiger partial charge >= 0.3 is 12.1 Å². The molecule has 1 heterocycles. The van der Waals surface area contributed by atoms with Crippen molar-refractivity contribution in [3.63, 3.8) is 0 Å². The molecule has 0 saturated carbocycles. The predicted molar refractivity (Wildman–Crippen MR) is 99.9 cm³/mol. The Hall–Kier alpha value is -3.11. The Kier molecular flexibility index (Phi) is 7.98. The normalized spacial score (nSPS) is 11.0. The molecule has 3 rings (SSSR count). The van der Waals surface area contributed by atoms with Crippen molar-refractivity contribution in [2.75, 3.05) is 20.3 Å². The van der Waals surface area contributed by atoms with Gasteiger partial charge in [0.2, 0.25) is 0 Å². The summed E-state index contributed by atoms with van der Waals surface area (Å²) in [7, 11) is 1.70. The molecule has 156 valence electrons. The Morgan fingerprint density at radius 1 is 1.17 bits per heavy atom. The van der Waals surface area contributed by atoms with Crippen LogP contribution >= 0.6 is 0 Å². The number of nitrogens with zero attached hydrogens (tertiary/aromatic N) is 1. The number of carboxylic acids is 1. The highest BCUT2D eigenvalue weighted by molar-refractivity contribution is 5.76. The van der Waals surface area contributed by atoms with E-state index >= 15 is 0 Å². The van der Waals surface area contributed by atoms with Crippen LogP contribution in [0.3, 0.4) is 0 Å². The molecule has 3 aromatic rings. The number of aromatic nitrogens is 2. The third-order valence-corrected chi connectivity index (χ3v) is 3.61. The first-order valence-electron chi connectivity index (χ1n) is 8.49. The summed E-state index contributed by atoms with van der Waals surface area (Å²) >= 11 is 0. The van der Waals surface area contributed by atoms with Crippen molar-refractivity contribution in [1.29, 1.82) is 0 Å². The van der Waals surface area contributed by atoms with Crippen LogP contribution in [0.4, 0.5) is 13.2 Å². The quantitative estimate of drug-likeness (QED) is 0.513. The van der Waals surface area contributed by atoms with Crippen molar-refractivity contribution in [2.45, 2.75) is 12.7 Å². The molecule has 0 bridgehead atoms. The highest BCUT2D eigenvalue weighted by atomic mass is 19.4. The largest absolute Gasteiger partial charge is 0.490 e. The number of ether oxygens (including phenoxy) is 2. The molecule has 0 spiro atoms. The summed E-state index contributed by atoms with van der Waals surface area (Å²) in [5, 5.41) is 10.4. The summed E-state index contributed by atoms with van der Waals surface area (Å²) in [4.78, 5) is 16.2. The van der Waals surface area contributed by atoms with Crippen LogP contribution in [-0.4, -0.2) is 47.5 Å². The van der Waals surface area contributed by atoms with Crippen molar-refractivity contribution in [3.8, 4) is 11.5 Å². The number of fused-ring (bicyclic) bond motifs is 1. The van der Waals surface area contributed by atoms with Crippen molar-refractivity contribution in [1.82, 2.24) is 15.3 Å². The van der Waals surface area contributed by atoms with Gasteiger partial charge in [-0.3, -0.25) is 0 Å². The van der Waals surface area contributed by atoms with Crippen LogP contribution in [0.25, 0.3) is 11.0 Å². The van der Waals surface area contributed by atoms with Crippen LogP contribution in [0, 0.1) is 0 Å². The van der Waals surface area contributed by atoms with E-state index in [2.05, 4.69) is 27.4 Å². The van der Waals surface area contributed by atoms with Crippen LogP contribution in [0.1, 0.15) is 5.56 Å². The van der Waals surface area contributed by atoms with Gasteiger partial charge in [-0.1, -0.05) is 12.1 Å².